The largest absolute Gasteiger partial charge is 0.377 e. The van der Waals surface area contributed by atoms with E-state index in [0.717, 1.165) is 18.5 Å². The summed E-state index contributed by atoms with van der Waals surface area (Å²) in [6.07, 6.45) is 5.88. The number of nitrogens with one attached hydrogen (secondary N) is 1. The fraction of sp³-hybridized carbons (Fsp3) is 0.286. The zero-order valence-electron chi connectivity index (χ0n) is 10.8. The van der Waals surface area contributed by atoms with E-state index in [9.17, 15) is 9.18 Å². The van der Waals surface area contributed by atoms with E-state index in [4.69, 9.17) is 5.73 Å². The number of carbonyl (C=O) groups excluding carboxylic acids is 1. The van der Waals surface area contributed by atoms with Crippen LogP contribution < -0.4 is 11.1 Å². The van der Waals surface area contributed by atoms with Crippen molar-refractivity contribution in [3.63, 3.8) is 0 Å². The monoisotopic (exact) mass is 274 g/mol. The Kier molecular flexibility index (Phi) is 3.14. The van der Waals surface area contributed by atoms with Crippen LogP contribution in [0, 0.1) is 5.82 Å². The van der Waals surface area contributed by atoms with Crippen LogP contribution in [0.4, 0.5) is 10.1 Å². The average Bonchev–Trinajstić information content (AvgIpc) is 3.17. The first-order valence-electron chi connectivity index (χ1n) is 6.49. The lowest BCUT2D eigenvalue weighted by Crippen LogP contribution is -2.12. The van der Waals surface area contributed by atoms with Crippen molar-refractivity contribution in [1.82, 2.24) is 9.55 Å². The molecule has 0 unspecified atom stereocenters. The van der Waals surface area contributed by atoms with Gasteiger partial charge < -0.3 is 15.6 Å². The molecule has 104 valence electrons. The van der Waals surface area contributed by atoms with Crippen LogP contribution in [0.1, 0.15) is 34.9 Å². The van der Waals surface area contributed by atoms with E-state index in [0.29, 0.717) is 12.6 Å². The van der Waals surface area contributed by atoms with Gasteiger partial charge >= 0.3 is 0 Å². The molecule has 1 aliphatic carbocycles. The smallest absolute Gasteiger partial charge is 0.248 e. The van der Waals surface area contributed by atoms with Gasteiger partial charge in [-0.25, -0.2) is 9.37 Å². The summed E-state index contributed by atoms with van der Waals surface area (Å²) in [5, 5.41) is 2.99. The molecule has 0 bridgehead atoms. The van der Waals surface area contributed by atoms with Gasteiger partial charge in [0.1, 0.15) is 5.82 Å². The summed E-state index contributed by atoms with van der Waals surface area (Å²) < 4.78 is 15.8. The second kappa shape index (κ2) is 4.96. The predicted molar refractivity (Wildman–Crippen MR) is 72.7 cm³/mol. The van der Waals surface area contributed by atoms with E-state index < -0.39 is 11.7 Å². The van der Waals surface area contributed by atoms with E-state index in [1.807, 2.05) is 0 Å². The third-order valence-corrected chi connectivity index (χ3v) is 3.40. The number of hydrogen-bond acceptors (Lipinski definition) is 3. The minimum atomic E-state index is -0.573. The van der Waals surface area contributed by atoms with Crippen LogP contribution in [-0.4, -0.2) is 15.5 Å². The van der Waals surface area contributed by atoms with Gasteiger partial charge in [-0.2, -0.15) is 0 Å². The maximum absolute atomic E-state index is 13.7. The standard InChI is InChI=1S/C14H15FN4O/c15-12-4-1-9(14(16)20)5-13(12)18-7-11-6-17-8-19(11)10-2-3-10/h1,4-6,8,10,18H,2-3,7H2,(H2,16,20). The van der Waals surface area contributed by atoms with Gasteiger partial charge in [0.15, 0.2) is 0 Å². The van der Waals surface area contributed by atoms with Gasteiger partial charge in [0, 0.05) is 17.8 Å². The highest BCUT2D eigenvalue weighted by atomic mass is 19.1. The number of carbonyl (C=O) groups is 1. The van der Waals surface area contributed by atoms with E-state index in [-0.39, 0.29) is 11.3 Å². The summed E-state index contributed by atoms with van der Waals surface area (Å²) in [5.74, 6) is -0.983. The normalized spacial score (nSPS) is 14.2. The first-order chi connectivity index (χ1) is 9.65. The molecule has 3 N–H and O–H groups in total. The third kappa shape index (κ3) is 2.49. The summed E-state index contributed by atoms with van der Waals surface area (Å²) in [6.45, 7) is 0.454. The zero-order valence-corrected chi connectivity index (χ0v) is 10.8. The van der Waals surface area contributed by atoms with Crippen LogP contribution >= 0.6 is 0 Å². The number of primary amides is 1. The lowest BCUT2D eigenvalue weighted by molar-refractivity contribution is 0.100. The number of nitrogens with two attached hydrogens (primary N) is 1. The van der Waals surface area contributed by atoms with Crippen LogP contribution in [0.3, 0.4) is 0 Å². The maximum Gasteiger partial charge on any atom is 0.248 e. The van der Waals surface area contributed by atoms with Crippen LogP contribution in [0.15, 0.2) is 30.7 Å². The minimum Gasteiger partial charge on any atom is -0.377 e. The van der Waals surface area contributed by atoms with Gasteiger partial charge in [0.25, 0.3) is 0 Å². The number of rotatable bonds is 5. The van der Waals surface area contributed by atoms with Crippen molar-refractivity contribution in [2.75, 3.05) is 5.32 Å². The maximum atomic E-state index is 13.7. The molecule has 3 rings (SSSR count). The van der Waals surface area contributed by atoms with Gasteiger partial charge in [0.2, 0.25) is 5.91 Å². The first kappa shape index (κ1) is 12.7. The Hall–Kier alpha value is -2.37. The lowest BCUT2D eigenvalue weighted by atomic mass is 10.2. The summed E-state index contributed by atoms with van der Waals surface area (Å²) in [4.78, 5) is 15.2. The molecular formula is C14H15FN4O. The SMILES string of the molecule is NC(=O)c1ccc(F)c(NCc2cncn2C2CC2)c1. The third-order valence-electron chi connectivity index (χ3n) is 3.40. The molecule has 1 heterocycles. The van der Waals surface area contributed by atoms with E-state index in [1.165, 1.54) is 18.2 Å². The number of anilines is 1. The molecule has 0 radical (unpaired) electrons. The molecule has 1 amide bonds. The number of hydrogen-bond donors (Lipinski definition) is 2. The second-order valence-electron chi connectivity index (χ2n) is 4.94. The number of aromatic nitrogens is 2. The van der Waals surface area contributed by atoms with Crippen molar-refractivity contribution in [2.45, 2.75) is 25.4 Å². The summed E-state index contributed by atoms with van der Waals surface area (Å²) in [5.41, 5.74) is 6.74. The van der Waals surface area contributed by atoms with E-state index in [1.54, 1.807) is 12.5 Å². The Balaban J connectivity index is 1.75. The molecule has 0 saturated heterocycles. The molecule has 1 aromatic carbocycles. The quantitative estimate of drug-likeness (QED) is 0.876. The summed E-state index contributed by atoms with van der Waals surface area (Å²) in [7, 11) is 0. The molecule has 6 heteroatoms. The first-order valence-corrected chi connectivity index (χ1v) is 6.49. The molecule has 0 spiro atoms. The molecule has 1 saturated carbocycles. The minimum absolute atomic E-state index is 0.268. The number of imidazole rings is 1. The Bertz CT molecular complexity index is 648. The molecule has 1 aromatic heterocycles. The zero-order chi connectivity index (χ0) is 14.1. The molecule has 0 aliphatic heterocycles. The summed E-state index contributed by atoms with van der Waals surface area (Å²) >= 11 is 0. The fourth-order valence-corrected chi connectivity index (χ4v) is 2.15. The van der Waals surface area contributed by atoms with E-state index in [2.05, 4.69) is 14.9 Å². The summed E-state index contributed by atoms with van der Waals surface area (Å²) in [6, 6.07) is 4.56. The van der Waals surface area contributed by atoms with Gasteiger partial charge in [-0.1, -0.05) is 0 Å². The highest BCUT2D eigenvalue weighted by Gasteiger charge is 2.25. The van der Waals surface area contributed by atoms with Crippen molar-refractivity contribution in [2.24, 2.45) is 5.73 Å². The van der Waals surface area contributed by atoms with Crippen LogP contribution in [0.2, 0.25) is 0 Å². The van der Waals surface area contributed by atoms with Gasteiger partial charge in [-0.3, -0.25) is 4.79 Å². The highest BCUT2D eigenvalue weighted by Crippen LogP contribution is 2.35. The van der Waals surface area contributed by atoms with Crippen molar-refractivity contribution in [3.05, 3.63) is 47.8 Å². The van der Waals surface area contributed by atoms with Crippen molar-refractivity contribution >= 4 is 11.6 Å². The van der Waals surface area contributed by atoms with E-state index >= 15 is 0 Å². The average molecular weight is 274 g/mol. The van der Waals surface area contributed by atoms with Gasteiger partial charge in [-0.05, 0) is 31.0 Å². The van der Waals surface area contributed by atoms with Crippen molar-refractivity contribution in [1.29, 1.82) is 0 Å². The highest BCUT2D eigenvalue weighted by molar-refractivity contribution is 5.93. The molecule has 2 aromatic rings. The molecule has 1 aliphatic rings. The number of benzene rings is 1. The predicted octanol–water partition coefficient (Wildman–Crippen LogP) is 2.07. The van der Waals surface area contributed by atoms with Crippen molar-refractivity contribution < 1.29 is 9.18 Å². The molecule has 20 heavy (non-hydrogen) atoms. The van der Waals surface area contributed by atoms with Gasteiger partial charge in [-0.15, -0.1) is 0 Å². The van der Waals surface area contributed by atoms with Gasteiger partial charge in [0.05, 0.1) is 24.3 Å². The van der Waals surface area contributed by atoms with Crippen LogP contribution in [0.25, 0.3) is 0 Å². The molecule has 0 atom stereocenters. The lowest BCUT2D eigenvalue weighted by Gasteiger charge is -2.10. The number of nitrogens with zero attached hydrogens (tertiary/aromatic N) is 2. The molecule has 1 fully saturated rings. The Morgan fingerprint density at radius 2 is 2.30 bits per heavy atom. The number of amides is 1. The van der Waals surface area contributed by atoms with Crippen LogP contribution in [-0.2, 0) is 6.54 Å². The van der Waals surface area contributed by atoms with Crippen LogP contribution in [0.5, 0.6) is 0 Å². The Morgan fingerprint density at radius 1 is 1.50 bits per heavy atom. The fourth-order valence-electron chi connectivity index (χ4n) is 2.15. The topological polar surface area (TPSA) is 72.9 Å². The molecular weight excluding hydrogens is 259 g/mol. The Labute approximate surface area is 115 Å². The molecule has 5 nitrogen and oxygen atoms in total. The Morgan fingerprint density at radius 3 is 3.00 bits per heavy atom. The van der Waals surface area contributed by atoms with Crippen molar-refractivity contribution in [3.8, 4) is 0 Å². The second-order valence-corrected chi connectivity index (χ2v) is 4.94. The number of halogens is 1.